The van der Waals surface area contributed by atoms with E-state index in [2.05, 4.69) is 4.74 Å². The average molecular weight is 182 g/mol. The molecule has 1 aliphatic rings. The number of hydrogen-bond donors (Lipinski definition) is 1. The van der Waals surface area contributed by atoms with Crippen molar-refractivity contribution in [3.8, 4) is 0 Å². The molecule has 0 aromatic heterocycles. The van der Waals surface area contributed by atoms with E-state index in [1.54, 1.807) is 6.92 Å². The summed E-state index contributed by atoms with van der Waals surface area (Å²) in [6.45, 7) is 1.77. The molecular formula is C4H8BrNO2. The molecule has 0 aromatic rings. The Morgan fingerprint density at radius 2 is 2.25 bits per heavy atom. The topological polar surface area (TPSA) is 52.3 Å². The van der Waals surface area contributed by atoms with Gasteiger partial charge in [0.15, 0.2) is 0 Å². The minimum absolute atomic E-state index is 0. The molecule has 0 bridgehead atoms. The normalized spacial score (nSPS) is 34.5. The van der Waals surface area contributed by atoms with Gasteiger partial charge in [-0.1, -0.05) is 0 Å². The molecule has 0 aromatic carbocycles. The van der Waals surface area contributed by atoms with Crippen LogP contribution in [0.25, 0.3) is 0 Å². The number of ether oxygens (including phenoxy) is 1. The van der Waals surface area contributed by atoms with Gasteiger partial charge in [-0.25, -0.2) is 0 Å². The summed E-state index contributed by atoms with van der Waals surface area (Å²) in [4.78, 5) is 10.1. The van der Waals surface area contributed by atoms with Crippen LogP contribution in [0.5, 0.6) is 0 Å². The lowest BCUT2D eigenvalue weighted by molar-refractivity contribution is -0.171. The fourth-order valence-corrected chi connectivity index (χ4v) is 0.454. The van der Waals surface area contributed by atoms with Crippen molar-refractivity contribution in [2.45, 2.75) is 19.1 Å². The summed E-state index contributed by atoms with van der Waals surface area (Å²) in [5.41, 5.74) is 5.19. The largest absolute Gasteiger partial charge is 0.459 e. The maximum absolute atomic E-state index is 10.1. The molecule has 1 saturated heterocycles. The average Bonchev–Trinajstić information content (AvgIpc) is 1.68. The maximum Gasteiger partial charge on any atom is 0.327 e. The van der Waals surface area contributed by atoms with Crippen LogP contribution < -0.4 is 5.73 Å². The van der Waals surface area contributed by atoms with Crippen LogP contribution in [0.1, 0.15) is 6.92 Å². The minimum Gasteiger partial charge on any atom is -0.459 e. The number of nitrogens with two attached hydrogens (primary N) is 1. The lowest BCUT2D eigenvalue weighted by Gasteiger charge is -2.28. The molecule has 4 heteroatoms. The van der Waals surface area contributed by atoms with Gasteiger partial charge in [0, 0.05) is 0 Å². The highest BCUT2D eigenvalue weighted by Crippen LogP contribution is 2.09. The van der Waals surface area contributed by atoms with Crippen molar-refractivity contribution in [2.24, 2.45) is 5.73 Å². The Labute approximate surface area is 58.0 Å². The number of carbonyl (C=O) groups is 1. The van der Waals surface area contributed by atoms with Crippen molar-refractivity contribution in [1.29, 1.82) is 0 Å². The van der Waals surface area contributed by atoms with E-state index in [0.717, 1.165) is 0 Å². The number of hydrogen-bond acceptors (Lipinski definition) is 3. The van der Waals surface area contributed by atoms with Crippen LogP contribution in [0.3, 0.4) is 0 Å². The van der Waals surface area contributed by atoms with Gasteiger partial charge in [-0.3, -0.25) is 4.79 Å². The van der Waals surface area contributed by atoms with E-state index in [4.69, 9.17) is 5.73 Å². The second-order valence-corrected chi connectivity index (χ2v) is 1.67. The highest BCUT2D eigenvalue weighted by molar-refractivity contribution is 8.93. The first-order valence-corrected chi connectivity index (χ1v) is 2.18. The standard InChI is InChI=1S/C4H7NO2.BrH/c1-2-3(5)4(6)7-2;/h2-3H,5H2,1H3;1H. The SMILES string of the molecule is Br.CC1OC(=O)C1N. The predicted octanol–water partition coefficient (Wildman–Crippen LogP) is -0.163. The smallest absolute Gasteiger partial charge is 0.327 e. The summed E-state index contributed by atoms with van der Waals surface area (Å²) in [5, 5.41) is 0. The van der Waals surface area contributed by atoms with Gasteiger partial charge in [-0.2, -0.15) is 0 Å². The third-order valence-electron chi connectivity index (χ3n) is 1.08. The summed E-state index contributed by atoms with van der Waals surface area (Å²) in [5.74, 6) is -0.285. The number of halogens is 1. The summed E-state index contributed by atoms with van der Waals surface area (Å²) in [7, 11) is 0. The first-order chi connectivity index (χ1) is 3.22. The first-order valence-electron chi connectivity index (χ1n) is 2.18. The lowest BCUT2D eigenvalue weighted by atomic mass is 10.1. The molecule has 1 rings (SSSR count). The Kier molecular flexibility index (Phi) is 2.43. The molecule has 0 spiro atoms. The van der Waals surface area contributed by atoms with Gasteiger partial charge < -0.3 is 10.5 Å². The number of rotatable bonds is 0. The quantitative estimate of drug-likeness (QED) is 0.529. The number of cyclic esters (lactones) is 1. The van der Waals surface area contributed by atoms with Gasteiger partial charge in [0.25, 0.3) is 0 Å². The number of carbonyl (C=O) groups excluding carboxylic acids is 1. The zero-order valence-electron chi connectivity index (χ0n) is 4.46. The van der Waals surface area contributed by atoms with Crippen molar-refractivity contribution in [1.82, 2.24) is 0 Å². The molecule has 1 aliphatic heterocycles. The van der Waals surface area contributed by atoms with Crippen LogP contribution in [-0.4, -0.2) is 18.1 Å². The van der Waals surface area contributed by atoms with Crippen LogP contribution in [0, 0.1) is 0 Å². The summed E-state index contributed by atoms with van der Waals surface area (Å²) in [6, 6.07) is -0.361. The van der Waals surface area contributed by atoms with Gasteiger partial charge in [0.1, 0.15) is 12.1 Å². The van der Waals surface area contributed by atoms with Crippen molar-refractivity contribution in [3.05, 3.63) is 0 Å². The molecule has 0 radical (unpaired) electrons. The Hall–Kier alpha value is -0.0900. The molecule has 3 nitrogen and oxygen atoms in total. The molecule has 2 unspecified atom stereocenters. The Morgan fingerprint density at radius 3 is 2.25 bits per heavy atom. The highest BCUT2D eigenvalue weighted by Gasteiger charge is 2.35. The zero-order valence-corrected chi connectivity index (χ0v) is 6.17. The molecule has 48 valence electrons. The van der Waals surface area contributed by atoms with Crippen molar-refractivity contribution >= 4 is 23.0 Å². The summed E-state index contributed by atoms with van der Waals surface area (Å²) >= 11 is 0. The third kappa shape index (κ3) is 1.00. The van der Waals surface area contributed by atoms with Gasteiger partial charge in [0.2, 0.25) is 0 Å². The van der Waals surface area contributed by atoms with Gasteiger partial charge >= 0.3 is 5.97 Å². The highest BCUT2D eigenvalue weighted by atomic mass is 79.9. The van der Waals surface area contributed by atoms with E-state index < -0.39 is 0 Å². The van der Waals surface area contributed by atoms with Crippen molar-refractivity contribution in [2.75, 3.05) is 0 Å². The van der Waals surface area contributed by atoms with E-state index in [-0.39, 0.29) is 35.1 Å². The number of esters is 1. The van der Waals surface area contributed by atoms with E-state index in [9.17, 15) is 4.79 Å². The molecule has 0 saturated carbocycles. The molecule has 2 N–H and O–H groups in total. The van der Waals surface area contributed by atoms with E-state index >= 15 is 0 Å². The second kappa shape index (κ2) is 2.46. The summed E-state index contributed by atoms with van der Waals surface area (Å²) < 4.78 is 4.49. The summed E-state index contributed by atoms with van der Waals surface area (Å²) in [6.07, 6.45) is -0.0625. The second-order valence-electron chi connectivity index (χ2n) is 1.67. The lowest BCUT2D eigenvalue weighted by Crippen LogP contribution is -2.54. The monoisotopic (exact) mass is 181 g/mol. The van der Waals surface area contributed by atoms with Crippen molar-refractivity contribution in [3.63, 3.8) is 0 Å². The Morgan fingerprint density at radius 1 is 1.75 bits per heavy atom. The van der Waals surface area contributed by atoms with Gasteiger partial charge in [-0.05, 0) is 6.92 Å². The fraction of sp³-hybridized carbons (Fsp3) is 0.750. The molecule has 0 aliphatic carbocycles. The van der Waals surface area contributed by atoms with Crippen molar-refractivity contribution < 1.29 is 9.53 Å². The first kappa shape index (κ1) is 7.91. The van der Waals surface area contributed by atoms with Crippen LogP contribution in [0.15, 0.2) is 0 Å². The minimum atomic E-state index is -0.361. The molecule has 0 amide bonds. The van der Waals surface area contributed by atoms with E-state index in [0.29, 0.717) is 0 Å². The Balaban J connectivity index is 0.000000490. The maximum atomic E-state index is 10.1. The molecule has 1 heterocycles. The van der Waals surface area contributed by atoms with Gasteiger partial charge in [0.05, 0.1) is 0 Å². The Bertz CT molecular complexity index is 106. The van der Waals surface area contributed by atoms with Crippen LogP contribution in [-0.2, 0) is 9.53 Å². The van der Waals surface area contributed by atoms with Crippen LogP contribution >= 0.6 is 17.0 Å². The fourth-order valence-electron chi connectivity index (χ4n) is 0.454. The molecular weight excluding hydrogens is 174 g/mol. The molecule has 8 heavy (non-hydrogen) atoms. The predicted molar refractivity (Wildman–Crippen MR) is 33.9 cm³/mol. The van der Waals surface area contributed by atoms with E-state index in [1.807, 2.05) is 0 Å². The van der Waals surface area contributed by atoms with E-state index in [1.165, 1.54) is 0 Å². The van der Waals surface area contributed by atoms with Crippen LogP contribution in [0.2, 0.25) is 0 Å². The molecule has 2 atom stereocenters. The molecule has 1 fully saturated rings. The van der Waals surface area contributed by atoms with Gasteiger partial charge in [-0.15, -0.1) is 17.0 Å². The van der Waals surface area contributed by atoms with Crippen LogP contribution in [0.4, 0.5) is 0 Å². The zero-order chi connectivity index (χ0) is 5.44. The third-order valence-corrected chi connectivity index (χ3v) is 1.08.